The molecule has 0 atom stereocenters. The summed E-state index contributed by atoms with van der Waals surface area (Å²) in [4.78, 5) is 16.5. The lowest BCUT2D eigenvalue weighted by atomic mass is 10.1. The highest BCUT2D eigenvalue weighted by molar-refractivity contribution is 7.92. The Morgan fingerprint density at radius 3 is 2.03 bits per heavy atom. The van der Waals surface area contributed by atoms with Crippen LogP contribution in [-0.2, 0) is 21.0 Å². The fraction of sp³-hybridized carbons (Fsp3) is 0.240. The van der Waals surface area contributed by atoms with Crippen molar-refractivity contribution in [2.24, 2.45) is 0 Å². The fourth-order valence-electron chi connectivity index (χ4n) is 3.94. The first-order valence-corrected chi connectivity index (χ1v) is 12.4. The summed E-state index contributed by atoms with van der Waals surface area (Å²) in [5.41, 5.74) is 0.0786. The second-order valence-electron chi connectivity index (χ2n) is 8.08. The van der Waals surface area contributed by atoms with Crippen molar-refractivity contribution in [1.29, 1.82) is 0 Å². The predicted octanol–water partition coefficient (Wildman–Crippen LogP) is 4.25. The van der Waals surface area contributed by atoms with Crippen molar-refractivity contribution >= 4 is 27.3 Å². The Kier molecular flexibility index (Phi) is 7.02. The van der Waals surface area contributed by atoms with Gasteiger partial charge in [-0.2, -0.15) is 13.2 Å². The second-order valence-corrected chi connectivity index (χ2v) is 9.94. The third-order valence-electron chi connectivity index (χ3n) is 5.83. The van der Waals surface area contributed by atoms with Crippen LogP contribution in [0.25, 0.3) is 0 Å². The monoisotopic (exact) mass is 503 g/mol. The molecule has 0 aromatic heterocycles. The van der Waals surface area contributed by atoms with Crippen LogP contribution in [-0.4, -0.2) is 51.9 Å². The maximum absolute atomic E-state index is 13.4. The lowest BCUT2D eigenvalue weighted by Crippen LogP contribution is -2.52. The molecule has 0 saturated carbocycles. The molecule has 0 aliphatic carbocycles. The number of nitrogens with zero attached hydrogens (tertiary/aromatic N) is 3. The first kappa shape index (κ1) is 24.6. The Morgan fingerprint density at radius 2 is 1.43 bits per heavy atom. The smallest absolute Gasteiger partial charge is 0.368 e. The van der Waals surface area contributed by atoms with Crippen LogP contribution in [0, 0.1) is 0 Å². The van der Waals surface area contributed by atoms with Gasteiger partial charge >= 0.3 is 6.18 Å². The lowest BCUT2D eigenvalue weighted by molar-refractivity contribution is -0.137. The van der Waals surface area contributed by atoms with Crippen LogP contribution in [0.3, 0.4) is 0 Å². The number of carbonyl (C=O) groups is 1. The van der Waals surface area contributed by atoms with Crippen molar-refractivity contribution in [3.05, 3.63) is 90.5 Å². The van der Waals surface area contributed by atoms with Gasteiger partial charge in [-0.3, -0.25) is 9.10 Å². The Balaban J connectivity index is 1.48. The van der Waals surface area contributed by atoms with Gasteiger partial charge in [0.15, 0.2) is 0 Å². The highest BCUT2D eigenvalue weighted by Crippen LogP contribution is 2.32. The maximum atomic E-state index is 13.4. The molecule has 0 spiro atoms. The number of benzene rings is 3. The molecule has 0 N–H and O–H groups in total. The van der Waals surface area contributed by atoms with E-state index in [1.54, 1.807) is 64.4 Å². The molecule has 1 fully saturated rings. The first-order valence-electron chi connectivity index (χ1n) is 11.0. The third kappa shape index (κ3) is 5.59. The molecule has 0 bridgehead atoms. The summed E-state index contributed by atoms with van der Waals surface area (Å²) >= 11 is 0. The number of halogens is 3. The van der Waals surface area contributed by atoms with Crippen LogP contribution in [0.2, 0.25) is 0 Å². The summed E-state index contributed by atoms with van der Waals surface area (Å²) in [5.74, 6) is -0.378. The van der Waals surface area contributed by atoms with Gasteiger partial charge in [-0.05, 0) is 42.5 Å². The number of hydrogen-bond acceptors (Lipinski definition) is 4. The average molecular weight is 504 g/mol. The predicted molar refractivity (Wildman–Crippen MR) is 128 cm³/mol. The Labute approximate surface area is 202 Å². The van der Waals surface area contributed by atoms with E-state index in [0.717, 1.165) is 16.4 Å². The number of hydrogen-bond donors (Lipinski definition) is 0. The number of sulfonamides is 1. The van der Waals surface area contributed by atoms with Crippen molar-refractivity contribution < 1.29 is 26.4 Å². The van der Waals surface area contributed by atoms with E-state index >= 15 is 0 Å². The fourth-order valence-corrected chi connectivity index (χ4v) is 5.38. The van der Waals surface area contributed by atoms with Gasteiger partial charge in [0.2, 0.25) is 5.91 Å². The highest BCUT2D eigenvalue weighted by Gasteiger charge is 2.32. The molecule has 1 saturated heterocycles. The van der Waals surface area contributed by atoms with Crippen molar-refractivity contribution in [3.8, 4) is 0 Å². The van der Waals surface area contributed by atoms with E-state index in [4.69, 9.17) is 0 Å². The van der Waals surface area contributed by atoms with E-state index in [1.165, 1.54) is 18.2 Å². The summed E-state index contributed by atoms with van der Waals surface area (Å²) in [6.07, 6.45) is -4.43. The Bertz CT molecular complexity index is 1260. The van der Waals surface area contributed by atoms with E-state index in [2.05, 4.69) is 0 Å². The summed E-state index contributed by atoms with van der Waals surface area (Å²) < 4.78 is 67.0. The molecule has 184 valence electrons. The van der Waals surface area contributed by atoms with E-state index in [1.807, 2.05) is 0 Å². The van der Waals surface area contributed by atoms with Crippen LogP contribution in [0.4, 0.5) is 24.5 Å². The molecule has 1 aliphatic rings. The van der Waals surface area contributed by atoms with E-state index in [9.17, 15) is 26.4 Å². The molecule has 1 amide bonds. The van der Waals surface area contributed by atoms with Crippen LogP contribution < -0.4 is 9.21 Å². The standard InChI is InChI=1S/C25H24F3N3O3S/c26-25(27,28)20-8-7-11-22(18-20)29-14-16-30(17-15-29)24(32)19-31(21-9-3-1-4-10-21)35(33,34)23-12-5-2-6-13-23/h1-13,18H,14-17,19H2. The van der Waals surface area contributed by atoms with E-state index in [0.29, 0.717) is 24.5 Å². The SMILES string of the molecule is O=C(CN(c1ccccc1)S(=O)(=O)c1ccccc1)N1CCN(c2cccc(C(F)(F)F)c2)CC1. The molecule has 6 nitrogen and oxygen atoms in total. The van der Waals surface area contributed by atoms with Gasteiger partial charge in [-0.1, -0.05) is 42.5 Å². The summed E-state index contributed by atoms with van der Waals surface area (Å²) in [6.45, 7) is 0.824. The van der Waals surface area contributed by atoms with E-state index < -0.39 is 21.8 Å². The number of amides is 1. The van der Waals surface area contributed by atoms with Gasteiger partial charge in [-0.15, -0.1) is 0 Å². The van der Waals surface area contributed by atoms with Crippen molar-refractivity contribution in [3.63, 3.8) is 0 Å². The van der Waals surface area contributed by atoms with E-state index in [-0.39, 0.29) is 30.4 Å². The highest BCUT2D eigenvalue weighted by atomic mass is 32.2. The van der Waals surface area contributed by atoms with Crippen molar-refractivity contribution in [1.82, 2.24) is 4.90 Å². The molecule has 0 radical (unpaired) electrons. The molecule has 10 heteroatoms. The van der Waals surface area contributed by atoms with Crippen molar-refractivity contribution in [2.45, 2.75) is 11.1 Å². The minimum absolute atomic E-state index is 0.0750. The number of para-hydroxylation sites is 1. The zero-order valence-electron chi connectivity index (χ0n) is 18.7. The zero-order valence-corrected chi connectivity index (χ0v) is 19.5. The molecule has 4 rings (SSSR count). The quantitative estimate of drug-likeness (QED) is 0.505. The topological polar surface area (TPSA) is 60.9 Å². The largest absolute Gasteiger partial charge is 0.416 e. The van der Waals surface area contributed by atoms with Crippen LogP contribution in [0.15, 0.2) is 89.8 Å². The molecule has 3 aromatic carbocycles. The molecule has 1 heterocycles. The summed E-state index contributed by atoms with van der Waals surface area (Å²) in [6, 6.07) is 21.4. The lowest BCUT2D eigenvalue weighted by Gasteiger charge is -2.37. The summed E-state index contributed by atoms with van der Waals surface area (Å²) in [7, 11) is -3.99. The zero-order chi connectivity index (χ0) is 25.1. The normalized spacial score (nSPS) is 14.6. The number of alkyl halides is 3. The van der Waals surface area contributed by atoms with Gasteiger partial charge in [0, 0.05) is 31.9 Å². The summed E-state index contributed by atoms with van der Waals surface area (Å²) in [5, 5.41) is 0. The van der Waals surface area contributed by atoms with Crippen LogP contribution in [0.1, 0.15) is 5.56 Å². The minimum Gasteiger partial charge on any atom is -0.368 e. The first-order chi connectivity index (χ1) is 16.7. The van der Waals surface area contributed by atoms with Gasteiger partial charge < -0.3 is 9.80 Å². The number of carbonyl (C=O) groups excluding carboxylic acids is 1. The third-order valence-corrected chi connectivity index (χ3v) is 7.61. The molecule has 0 unspecified atom stereocenters. The average Bonchev–Trinajstić information content (AvgIpc) is 2.88. The second kappa shape index (κ2) is 9.99. The maximum Gasteiger partial charge on any atom is 0.416 e. The minimum atomic E-state index is -4.43. The van der Waals surface area contributed by atoms with Crippen LogP contribution in [0.5, 0.6) is 0 Å². The van der Waals surface area contributed by atoms with Gasteiger partial charge in [0.1, 0.15) is 6.54 Å². The molecular weight excluding hydrogens is 479 g/mol. The molecule has 35 heavy (non-hydrogen) atoms. The molecule has 3 aromatic rings. The van der Waals surface area contributed by atoms with Gasteiger partial charge in [-0.25, -0.2) is 8.42 Å². The number of rotatable bonds is 6. The van der Waals surface area contributed by atoms with Gasteiger partial charge in [0.05, 0.1) is 16.1 Å². The van der Waals surface area contributed by atoms with Crippen molar-refractivity contribution in [2.75, 3.05) is 41.9 Å². The Hall–Kier alpha value is -3.53. The molecule has 1 aliphatic heterocycles. The molecular formula is C25H24F3N3O3S. The van der Waals surface area contributed by atoms with Crippen LogP contribution >= 0.6 is 0 Å². The number of anilines is 2. The number of piperazine rings is 1. The Morgan fingerprint density at radius 1 is 0.829 bits per heavy atom. The van der Waals surface area contributed by atoms with Gasteiger partial charge in [0.25, 0.3) is 10.0 Å².